The van der Waals surface area contributed by atoms with Gasteiger partial charge >= 0.3 is 0 Å². The standard InChI is InChI=1S/C19H19NO/c1-12-3-2-4-16-18(17(11-21)20-19(12)16)15-9-7-14(8-10-15)13-5-6-13/h2-4,7-10,13,20-21H,5-6,11H2,1H3. The number of nitrogens with one attached hydrogen (secondary N) is 1. The van der Waals surface area contributed by atoms with Crippen molar-refractivity contribution in [1.29, 1.82) is 0 Å². The zero-order chi connectivity index (χ0) is 14.4. The average Bonchev–Trinajstić information content (AvgIpc) is 3.28. The molecule has 0 spiro atoms. The number of aryl methyl sites for hydroxylation is 1. The highest BCUT2D eigenvalue weighted by molar-refractivity contribution is 5.98. The number of fused-ring (bicyclic) bond motifs is 1. The molecule has 1 aliphatic carbocycles. The molecule has 0 radical (unpaired) electrons. The third-order valence-electron chi connectivity index (χ3n) is 4.53. The molecule has 0 aliphatic heterocycles. The van der Waals surface area contributed by atoms with E-state index in [0.717, 1.165) is 22.7 Å². The van der Waals surface area contributed by atoms with Gasteiger partial charge in [0.25, 0.3) is 0 Å². The van der Waals surface area contributed by atoms with Crippen LogP contribution in [0.1, 0.15) is 35.6 Å². The molecule has 0 atom stereocenters. The lowest BCUT2D eigenvalue weighted by Gasteiger charge is -2.05. The molecular formula is C19H19NO. The van der Waals surface area contributed by atoms with Gasteiger partial charge in [0.15, 0.2) is 0 Å². The minimum Gasteiger partial charge on any atom is -0.390 e. The van der Waals surface area contributed by atoms with E-state index in [-0.39, 0.29) is 6.61 Å². The van der Waals surface area contributed by atoms with E-state index in [9.17, 15) is 5.11 Å². The second kappa shape index (κ2) is 4.74. The zero-order valence-corrected chi connectivity index (χ0v) is 12.2. The highest BCUT2D eigenvalue weighted by atomic mass is 16.3. The molecular weight excluding hydrogens is 258 g/mol. The number of aliphatic hydroxyl groups excluding tert-OH is 1. The summed E-state index contributed by atoms with van der Waals surface area (Å²) in [5.41, 5.74) is 7.00. The molecule has 106 valence electrons. The SMILES string of the molecule is Cc1cccc2c(-c3ccc(C4CC4)cc3)c(CO)[nH]c12. The highest BCUT2D eigenvalue weighted by Gasteiger charge is 2.23. The molecule has 3 aromatic rings. The van der Waals surface area contributed by atoms with Crippen molar-refractivity contribution >= 4 is 10.9 Å². The lowest BCUT2D eigenvalue weighted by molar-refractivity contribution is 0.278. The van der Waals surface area contributed by atoms with Crippen molar-refractivity contribution in [2.24, 2.45) is 0 Å². The van der Waals surface area contributed by atoms with Crippen molar-refractivity contribution in [3.8, 4) is 11.1 Å². The number of H-pyrrole nitrogens is 1. The fourth-order valence-electron chi connectivity index (χ4n) is 3.20. The van der Waals surface area contributed by atoms with Gasteiger partial charge in [0.2, 0.25) is 0 Å². The van der Waals surface area contributed by atoms with Crippen LogP contribution in [0.2, 0.25) is 0 Å². The topological polar surface area (TPSA) is 36.0 Å². The maximum Gasteiger partial charge on any atom is 0.0837 e. The Morgan fingerprint density at radius 3 is 2.52 bits per heavy atom. The number of rotatable bonds is 3. The lowest BCUT2D eigenvalue weighted by atomic mass is 9.99. The molecule has 0 amide bonds. The van der Waals surface area contributed by atoms with Crippen LogP contribution in [0.25, 0.3) is 22.0 Å². The molecule has 1 fully saturated rings. The number of hydrogen-bond donors (Lipinski definition) is 2. The second-order valence-electron chi connectivity index (χ2n) is 6.03. The zero-order valence-electron chi connectivity index (χ0n) is 12.2. The first-order chi connectivity index (χ1) is 10.3. The molecule has 1 aliphatic rings. The Bertz CT molecular complexity index is 794. The fraction of sp³-hybridized carbons (Fsp3) is 0.263. The quantitative estimate of drug-likeness (QED) is 0.726. The van der Waals surface area contributed by atoms with E-state index in [1.54, 1.807) is 0 Å². The number of aliphatic hydroxyl groups is 1. The maximum absolute atomic E-state index is 9.69. The maximum atomic E-state index is 9.69. The Labute approximate surface area is 124 Å². The summed E-state index contributed by atoms with van der Waals surface area (Å²) in [6.45, 7) is 2.13. The van der Waals surface area contributed by atoms with E-state index >= 15 is 0 Å². The predicted octanol–water partition coefficient (Wildman–Crippen LogP) is 4.51. The summed E-state index contributed by atoms with van der Waals surface area (Å²) < 4.78 is 0. The van der Waals surface area contributed by atoms with Crippen LogP contribution in [0.15, 0.2) is 42.5 Å². The lowest BCUT2D eigenvalue weighted by Crippen LogP contribution is -1.87. The van der Waals surface area contributed by atoms with Gasteiger partial charge in [0, 0.05) is 22.2 Å². The van der Waals surface area contributed by atoms with Gasteiger partial charge < -0.3 is 10.1 Å². The van der Waals surface area contributed by atoms with E-state index < -0.39 is 0 Å². The molecule has 2 aromatic carbocycles. The smallest absolute Gasteiger partial charge is 0.0837 e. The van der Waals surface area contributed by atoms with Crippen LogP contribution in [-0.2, 0) is 6.61 Å². The number of aromatic nitrogens is 1. The summed E-state index contributed by atoms with van der Waals surface area (Å²) in [6, 6.07) is 15.2. The first kappa shape index (κ1) is 12.7. The van der Waals surface area contributed by atoms with Crippen molar-refractivity contribution in [2.45, 2.75) is 32.3 Å². The summed E-state index contributed by atoms with van der Waals surface area (Å²) in [7, 11) is 0. The molecule has 1 saturated carbocycles. The van der Waals surface area contributed by atoms with Crippen molar-refractivity contribution in [2.75, 3.05) is 0 Å². The molecule has 21 heavy (non-hydrogen) atoms. The summed E-state index contributed by atoms with van der Waals surface area (Å²) in [5, 5.41) is 10.9. The van der Waals surface area contributed by atoms with Crippen molar-refractivity contribution in [3.63, 3.8) is 0 Å². The van der Waals surface area contributed by atoms with Crippen molar-refractivity contribution < 1.29 is 5.11 Å². The molecule has 2 N–H and O–H groups in total. The van der Waals surface area contributed by atoms with Gasteiger partial charge in [0.05, 0.1) is 6.61 Å². The van der Waals surface area contributed by atoms with Crippen LogP contribution in [-0.4, -0.2) is 10.1 Å². The van der Waals surface area contributed by atoms with E-state index in [0.29, 0.717) is 0 Å². The van der Waals surface area contributed by atoms with Crippen molar-refractivity contribution in [1.82, 2.24) is 4.98 Å². The Hall–Kier alpha value is -2.06. The molecule has 1 heterocycles. The van der Waals surface area contributed by atoms with Crippen LogP contribution in [0.4, 0.5) is 0 Å². The summed E-state index contributed by atoms with van der Waals surface area (Å²) in [6.07, 6.45) is 2.65. The predicted molar refractivity (Wildman–Crippen MR) is 86.4 cm³/mol. The molecule has 4 rings (SSSR count). The first-order valence-electron chi connectivity index (χ1n) is 7.59. The number of para-hydroxylation sites is 1. The molecule has 1 aromatic heterocycles. The Kier molecular flexibility index (Phi) is 2.86. The van der Waals surface area contributed by atoms with E-state index in [2.05, 4.69) is 54.4 Å². The van der Waals surface area contributed by atoms with Crippen LogP contribution >= 0.6 is 0 Å². The molecule has 2 heteroatoms. The van der Waals surface area contributed by atoms with Gasteiger partial charge in [-0.1, -0.05) is 42.5 Å². The minimum atomic E-state index is 0.0355. The van der Waals surface area contributed by atoms with Gasteiger partial charge in [0.1, 0.15) is 0 Å². The van der Waals surface area contributed by atoms with E-state index in [4.69, 9.17) is 0 Å². The third-order valence-corrected chi connectivity index (χ3v) is 4.53. The van der Waals surface area contributed by atoms with Gasteiger partial charge in [-0.05, 0) is 42.4 Å². The second-order valence-corrected chi connectivity index (χ2v) is 6.03. The normalized spacial score (nSPS) is 14.8. The van der Waals surface area contributed by atoms with Crippen molar-refractivity contribution in [3.05, 3.63) is 59.3 Å². The van der Waals surface area contributed by atoms with Crippen LogP contribution < -0.4 is 0 Å². The van der Waals surface area contributed by atoms with Crippen LogP contribution in [0.3, 0.4) is 0 Å². The Morgan fingerprint density at radius 2 is 1.86 bits per heavy atom. The number of benzene rings is 2. The van der Waals surface area contributed by atoms with Gasteiger partial charge in [-0.15, -0.1) is 0 Å². The Morgan fingerprint density at radius 1 is 1.10 bits per heavy atom. The summed E-state index contributed by atoms with van der Waals surface area (Å²) in [5.74, 6) is 0.779. The van der Waals surface area contributed by atoms with E-state index in [1.165, 1.54) is 34.9 Å². The molecule has 0 saturated heterocycles. The van der Waals surface area contributed by atoms with Crippen LogP contribution in [0, 0.1) is 6.92 Å². The van der Waals surface area contributed by atoms with E-state index in [1.807, 2.05) is 0 Å². The third kappa shape index (κ3) is 2.07. The van der Waals surface area contributed by atoms with Gasteiger partial charge in [-0.25, -0.2) is 0 Å². The highest BCUT2D eigenvalue weighted by Crippen LogP contribution is 2.41. The molecule has 0 unspecified atom stereocenters. The monoisotopic (exact) mass is 277 g/mol. The summed E-state index contributed by atoms with van der Waals surface area (Å²) >= 11 is 0. The fourth-order valence-corrected chi connectivity index (χ4v) is 3.20. The van der Waals surface area contributed by atoms with Crippen LogP contribution in [0.5, 0.6) is 0 Å². The summed E-state index contributed by atoms with van der Waals surface area (Å²) in [4.78, 5) is 3.38. The molecule has 0 bridgehead atoms. The minimum absolute atomic E-state index is 0.0355. The first-order valence-corrected chi connectivity index (χ1v) is 7.59. The number of hydrogen-bond acceptors (Lipinski definition) is 1. The largest absolute Gasteiger partial charge is 0.390 e. The molecule has 2 nitrogen and oxygen atoms in total. The number of aromatic amines is 1. The van der Waals surface area contributed by atoms with Gasteiger partial charge in [-0.2, -0.15) is 0 Å². The average molecular weight is 277 g/mol. The van der Waals surface area contributed by atoms with Gasteiger partial charge in [-0.3, -0.25) is 0 Å². The Balaban J connectivity index is 1.89.